The molecule has 69 valence electrons. The standard InChI is InChI=1S/C10H19N2/c1-3-4-5-6-7-12-9-8-11(2)10-12/h8-10H,3-7H2,1-2H3. The second kappa shape index (κ2) is 5.07. The van der Waals surface area contributed by atoms with Gasteiger partial charge in [0.25, 0.3) is 0 Å². The average Bonchev–Trinajstić information content (AvgIpc) is 2.45. The maximum atomic E-state index is 2.25. The van der Waals surface area contributed by atoms with Crippen molar-refractivity contribution in [1.29, 1.82) is 0 Å². The van der Waals surface area contributed by atoms with Gasteiger partial charge < -0.3 is 9.80 Å². The zero-order valence-corrected chi connectivity index (χ0v) is 8.16. The molecule has 0 fully saturated rings. The van der Waals surface area contributed by atoms with Crippen molar-refractivity contribution < 1.29 is 0 Å². The first-order chi connectivity index (χ1) is 5.83. The van der Waals surface area contributed by atoms with Gasteiger partial charge >= 0.3 is 0 Å². The van der Waals surface area contributed by atoms with E-state index in [1.165, 1.54) is 32.2 Å². The van der Waals surface area contributed by atoms with Gasteiger partial charge in [0.2, 0.25) is 0 Å². The molecule has 0 saturated heterocycles. The highest BCUT2D eigenvalue weighted by atomic mass is 15.3. The molecule has 0 saturated carbocycles. The molecule has 2 nitrogen and oxygen atoms in total. The Morgan fingerprint density at radius 1 is 1.08 bits per heavy atom. The van der Waals surface area contributed by atoms with Gasteiger partial charge in [-0.1, -0.05) is 26.2 Å². The minimum Gasteiger partial charge on any atom is -0.356 e. The minimum atomic E-state index is 1.17. The molecule has 2 heteroatoms. The van der Waals surface area contributed by atoms with Gasteiger partial charge in [-0.3, -0.25) is 0 Å². The normalized spacial score (nSPS) is 16.2. The summed E-state index contributed by atoms with van der Waals surface area (Å²) in [6.07, 6.45) is 9.57. The van der Waals surface area contributed by atoms with Crippen LogP contribution in [0.4, 0.5) is 0 Å². The Morgan fingerprint density at radius 2 is 1.92 bits per heavy atom. The first kappa shape index (κ1) is 9.43. The van der Waals surface area contributed by atoms with Gasteiger partial charge in [0.15, 0.2) is 0 Å². The van der Waals surface area contributed by atoms with Crippen molar-refractivity contribution >= 4 is 0 Å². The molecule has 0 atom stereocenters. The number of nitrogens with zero attached hydrogens (tertiary/aromatic N) is 2. The lowest BCUT2D eigenvalue weighted by Gasteiger charge is -2.16. The van der Waals surface area contributed by atoms with Crippen LogP contribution in [-0.2, 0) is 0 Å². The Labute approximate surface area is 75.8 Å². The molecule has 0 bridgehead atoms. The van der Waals surface area contributed by atoms with Gasteiger partial charge in [0.05, 0.1) is 0 Å². The van der Waals surface area contributed by atoms with E-state index in [0.29, 0.717) is 0 Å². The van der Waals surface area contributed by atoms with Crippen LogP contribution in [0.25, 0.3) is 0 Å². The molecule has 1 aliphatic rings. The van der Waals surface area contributed by atoms with Crippen molar-refractivity contribution in [2.45, 2.75) is 32.6 Å². The number of rotatable bonds is 5. The summed E-state index contributed by atoms with van der Waals surface area (Å²) in [6.45, 7) is 5.54. The number of unbranched alkanes of at least 4 members (excludes halogenated alkanes) is 3. The maximum absolute atomic E-state index is 2.25. The highest BCUT2D eigenvalue weighted by molar-refractivity contribution is 4.94. The molecule has 0 aliphatic carbocycles. The first-order valence-electron chi connectivity index (χ1n) is 4.84. The summed E-state index contributed by atoms with van der Waals surface area (Å²) in [6, 6.07) is 0. The van der Waals surface area contributed by atoms with E-state index in [4.69, 9.17) is 0 Å². The van der Waals surface area contributed by atoms with Crippen molar-refractivity contribution in [1.82, 2.24) is 9.80 Å². The van der Waals surface area contributed by atoms with E-state index in [0.717, 1.165) is 0 Å². The zero-order chi connectivity index (χ0) is 8.81. The summed E-state index contributed by atoms with van der Waals surface area (Å²) in [5, 5.41) is 0. The maximum Gasteiger partial charge on any atom is 0.141 e. The Kier molecular flexibility index (Phi) is 3.98. The van der Waals surface area contributed by atoms with Gasteiger partial charge in [-0.15, -0.1) is 0 Å². The summed E-state index contributed by atoms with van der Waals surface area (Å²) >= 11 is 0. The Hall–Kier alpha value is -0.660. The second-order valence-corrected chi connectivity index (χ2v) is 3.38. The third-order valence-electron chi connectivity index (χ3n) is 2.09. The Bertz CT molecular complexity index is 143. The molecule has 0 aromatic heterocycles. The third-order valence-corrected chi connectivity index (χ3v) is 2.09. The highest BCUT2D eigenvalue weighted by Crippen LogP contribution is 2.10. The average molecular weight is 167 g/mol. The topological polar surface area (TPSA) is 6.48 Å². The Balaban J connectivity index is 1.98. The van der Waals surface area contributed by atoms with Crippen LogP contribution in [0.5, 0.6) is 0 Å². The molecule has 0 unspecified atom stereocenters. The van der Waals surface area contributed by atoms with Crippen LogP contribution in [0.2, 0.25) is 0 Å². The van der Waals surface area contributed by atoms with Crippen LogP contribution < -0.4 is 0 Å². The first-order valence-corrected chi connectivity index (χ1v) is 4.84. The van der Waals surface area contributed by atoms with Gasteiger partial charge in [-0.25, -0.2) is 0 Å². The lowest BCUT2D eigenvalue weighted by Crippen LogP contribution is -2.17. The summed E-state index contributed by atoms with van der Waals surface area (Å²) in [4.78, 5) is 4.33. The highest BCUT2D eigenvalue weighted by Gasteiger charge is 2.07. The van der Waals surface area contributed by atoms with Gasteiger partial charge in [0, 0.05) is 26.0 Å². The van der Waals surface area contributed by atoms with E-state index >= 15 is 0 Å². The molecule has 0 N–H and O–H groups in total. The summed E-state index contributed by atoms with van der Waals surface area (Å²) in [5.41, 5.74) is 0. The molecular formula is C10H19N2. The summed E-state index contributed by atoms with van der Waals surface area (Å²) < 4.78 is 0. The summed E-state index contributed by atoms with van der Waals surface area (Å²) in [7, 11) is 2.06. The lowest BCUT2D eigenvalue weighted by molar-refractivity contribution is 0.369. The molecule has 1 aliphatic heterocycles. The van der Waals surface area contributed by atoms with Crippen LogP contribution >= 0.6 is 0 Å². The van der Waals surface area contributed by atoms with Crippen LogP contribution in [0, 0.1) is 6.67 Å². The van der Waals surface area contributed by atoms with E-state index in [-0.39, 0.29) is 0 Å². The number of hydrogen-bond acceptors (Lipinski definition) is 2. The van der Waals surface area contributed by atoms with Crippen molar-refractivity contribution in [2.24, 2.45) is 0 Å². The van der Waals surface area contributed by atoms with Gasteiger partial charge in [-0.2, -0.15) is 0 Å². The molecular weight excluding hydrogens is 148 g/mol. The molecule has 0 spiro atoms. The minimum absolute atomic E-state index is 1.17. The van der Waals surface area contributed by atoms with Crippen molar-refractivity contribution in [2.75, 3.05) is 13.6 Å². The second-order valence-electron chi connectivity index (χ2n) is 3.38. The summed E-state index contributed by atoms with van der Waals surface area (Å²) in [5.74, 6) is 0. The quantitative estimate of drug-likeness (QED) is 0.580. The molecule has 0 aromatic rings. The van der Waals surface area contributed by atoms with E-state index in [1.54, 1.807) is 0 Å². The predicted octanol–water partition coefficient (Wildman–Crippen LogP) is 2.40. The third kappa shape index (κ3) is 3.16. The SMILES string of the molecule is CCCCCCN1[CH]N(C)C=C1. The van der Waals surface area contributed by atoms with Crippen LogP contribution in [-0.4, -0.2) is 23.4 Å². The van der Waals surface area contributed by atoms with E-state index in [9.17, 15) is 0 Å². The molecule has 0 aromatic carbocycles. The lowest BCUT2D eigenvalue weighted by atomic mass is 10.2. The van der Waals surface area contributed by atoms with Gasteiger partial charge in [-0.05, 0) is 6.42 Å². The van der Waals surface area contributed by atoms with Crippen molar-refractivity contribution in [3.63, 3.8) is 0 Å². The molecule has 0 amide bonds. The Morgan fingerprint density at radius 3 is 2.50 bits per heavy atom. The molecule has 1 radical (unpaired) electrons. The molecule has 1 rings (SSSR count). The van der Waals surface area contributed by atoms with E-state index in [1.807, 2.05) is 0 Å². The van der Waals surface area contributed by atoms with Crippen molar-refractivity contribution in [3.8, 4) is 0 Å². The molecule has 12 heavy (non-hydrogen) atoms. The fraction of sp³-hybridized carbons (Fsp3) is 0.700. The predicted molar refractivity (Wildman–Crippen MR) is 52.1 cm³/mol. The molecule has 1 heterocycles. The monoisotopic (exact) mass is 167 g/mol. The fourth-order valence-electron chi connectivity index (χ4n) is 1.36. The van der Waals surface area contributed by atoms with Crippen LogP contribution in [0.1, 0.15) is 32.6 Å². The number of hydrogen-bond donors (Lipinski definition) is 0. The fourth-order valence-corrected chi connectivity index (χ4v) is 1.36. The smallest absolute Gasteiger partial charge is 0.141 e. The van der Waals surface area contributed by atoms with Crippen LogP contribution in [0.3, 0.4) is 0 Å². The van der Waals surface area contributed by atoms with Crippen LogP contribution in [0.15, 0.2) is 12.4 Å². The van der Waals surface area contributed by atoms with E-state index in [2.05, 4.69) is 42.8 Å². The van der Waals surface area contributed by atoms with Crippen molar-refractivity contribution in [3.05, 3.63) is 19.1 Å². The largest absolute Gasteiger partial charge is 0.356 e. The van der Waals surface area contributed by atoms with E-state index < -0.39 is 0 Å². The van der Waals surface area contributed by atoms with Gasteiger partial charge in [0.1, 0.15) is 6.67 Å². The zero-order valence-electron chi connectivity index (χ0n) is 8.16.